The van der Waals surface area contributed by atoms with E-state index >= 15 is 0 Å². The van der Waals surface area contributed by atoms with E-state index in [1.807, 2.05) is 0 Å². The first-order chi connectivity index (χ1) is 9.94. The van der Waals surface area contributed by atoms with Gasteiger partial charge in [0.15, 0.2) is 0 Å². The van der Waals surface area contributed by atoms with E-state index in [1.165, 1.54) is 18.2 Å². The van der Waals surface area contributed by atoms with Crippen LogP contribution >= 0.6 is 35.8 Å². The van der Waals surface area contributed by atoms with Crippen LogP contribution in [0.25, 0.3) is 0 Å². The number of nitrogens with one attached hydrogen (secondary N) is 2. The maximum absolute atomic E-state index is 13.2. The van der Waals surface area contributed by atoms with Gasteiger partial charge in [-0.1, -0.05) is 23.2 Å². The minimum absolute atomic E-state index is 0.252. The van der Waals surface area contributed by atoms with E-state index in [4.69, 9.17) is 23.2 Å². The lowest BCUT2D eigenvalue weighted by Crippen LogP contribution is -2.36. The Kier molecular flexibility index (Phi) is 5.33. The van der Waals surface area contributed by atoms with Gasteiger partial charge in [0.25, 0.3) is 5.91 Å². The molecule has 1 atom stereocenters. The molecule has 110 valence electrons. The number of benzene rings is 2. The van der Waals surface area contributed by atoms with Gasteiger partial charge in [-0.05, 0) is 42.5 Å². The van der Waals surface area contributed by atoms with Crippen LogP contribution in [0.1, 0.15) is 10.4 Å². The second-order valence-electron chi connectivity index (χ2n) is 4.19. The normalized spacial score (nSPS) is 11.8. The molecule has 3 nitrogen and oxygen atoms in total. The van der Waals surface area contributed by atoms with E-state index in [-0.39, 0.29) is 10.9 Å². The van der Waals surface area contributed by atoms with Gasteiger partial charge in [-0.25, -0.2) is 4.39 Å². The Morgan fingerprint density at radius 3 is 2.38 bits per heavy atom. The number of amides is 1. The van der Waals surface area contributed by atoms with Gasteiger partial charge in [-0.3, -0.25) is 4.79 Å². The SMILES string of the molecule is O=C(NC(S)Nc1cc(F)cc(Cl)c1)c1ccc(Cl)cc1. The molecule has 0 saturated heterocycles. The standard InChI is InChI=1S/C14H11Cl2FN2OS/c15-9-3-1-8(2-4-9)13(20)19-14(21)18-12-6-10(16)5-11(17)7-12/h1-7,14,18,21H,(H,19,20). The van der Waals surface area contributed by atoms with Crippen molar-refractivity contribution in [3.63, 3.8) is 0 Å². The Bertz CT molecular complexity index is 632. The summed E-state index contributed by atoms with van der Waals surface area (Å²) < 4.78 is 13.2. The molecular weight excluding hydrogens is 334 g/mol. The summed E-state index contributed by atoms with van der Waals surface area (Å²) in [6.07, 6.45) is 0. The summed E-state index contributed by atoms with van der Waals surface area (Å²) in [5, 5.41) is 6.22. The Labute approximate surface area is 136 Å². The fraction of sp³-hybridized carbons (Fsp3) is 0.0714. The lowest BCUT2D eigenvalue weighted by Gasteiger charge is -2.16. The number of halogens is 3. The summed E-state index contributed by atoms with van der Waals surface area (Å²) in [6.45, 7) is 0. The number of carbonyl (C=O) groups is 1. The highest BCUT2D eigenvalue weighted by Gasteiger charge is 2.10. The molecule has 0 aromatic heterocycles. The van der Waals surface area contributed by atoms with Crippen LogP contribution in [0.15, 0.2) is 42.5 Å². The fourth-order valence-corrected chi connectivity index (χ4v) is 2.25. The Balaban J connectivity index is 1.99. The first-order valence-electron chi connectivity index (χ1n) is 5.91. The Hall–Kier alpha value is -1.43. The fourth-order valence-electron chi connectivity index (χ4n) is 1.64. The monoisotopic (exact) mass is 344 g/mol. The largest absolute Gasteiger partial charge is 0.357 e. The topological polar surface area (TPSA) is 41.1 Å². The molecule has 2 aromatic carbocycles. The summed E-state index contributed by atoms with van der Waals surface area (Å²) in [7, 11) is 0. The van der Waals surface area contributed by atoms with Crippen LogP contribution in [-0.4, -0.2) is 11.4 Å². The van der Waals surface area contributed by atoms with Gasteiger partial charge < -0.3 is 10.6 Å². The third-order valence-electron chi connectivity index (χ3n) is 2.54. The molecule has 0 bridgehead atoms. The maximum Gasteiger partial charge on any atom is 0.253 e. The van der Waals surface area contributed by atoms with Crippen LogP contribution in [0, 0.1) is 5.82 Å². The van der Waals surface area contributed by atoms with Crippen molar-refractivity contribution < 1.29 is 9.18 Å². The van der Waals surface area contributed by atoms with Crippen molar-refractivity contribution in [2.75, 3.05) is 5.32 Å². The van der Waals surface area contributed by atoms with Crippen molar-refractivity contribution in [2.45, 2.75) is 5.50 Å². The number of rotatable bonds is 4. The predicted octanol–water partition coefficient (Wildman–Crippen LogP) is 4.19. The van der Waals surface area contributed by atoms with Crippen molar-refractivity contribution >= 4 is 47.4 Å². The zero-order valence-electron chi connectivity index (χ0n) is 10.6. The van der Waals surface area contributed by atoms with Gasteiger partial charge >= 0.3 is 0 Å². The molecule has 0 aliphatic carbocycles. The van der Waals surface area contributed by atoms with E-state index in [1.54, 1.807) is 24.3 Å². The molecule has 0 aliphatic heterocycles. The highest BCUT2D eigenvalue weighted by atomic mass is 35.5. The van der Waals surface area contributed by atoms with Gasteiger partial charge in [0.05, 0.1) is 0 Å². The second kappa shape index (κ2) is 7.02. The van der Waals surface area contributed by atoms with Crippen LogP contribution in [-0.2, 0) is 0 Å². The molecule has 1 unspecified atom stereocenters. The number of carbonyl (C=O) groups excluding carboxylic acids is 1. The van der Waals surface area contributed by atoms with Gasteiger partial charge in [-0.2, -0.15) is 0 Å². The predicted molar refractivity (Wildman–Crippen MR) is 86.7 cm³/mol. The number of anilines is 1. The molecule has 2 rings (SSSR count). The van der Waals surface area contributed by atoms with Crippen LogP contribution in [0.3, 0.4) is 0 Å². The third-order valence-corrected chi connectivity index (χ3v) is 3.27. The first-order valence-corrected chi connectivity index (χ1v) is 7.18. The molecule has 21 heavy (non-hydrogen) atoms. The minimum atomic E-state index is -0.703. The van der Waals surface area contributed by atoms with Crippen LogP contribution in [0.4, 0.5) is 10.1 Å². The first kappa shape index (κ1) is 15.9. The number of hydrogen-bond acceptors (Lipinski definition) is 3. The van der Waals surface area contributed by atoms with E-state index in [0.717, 1.165) is 0 Å². The Morgan fingerprint density at radius 1 is 1.10 bits per heavy atom. The molecule has 0 fully saturated rings. The molecule has 0 saturated carbocycles. The molecular formula is C14H11Cl2FN2OS. The van der Waals surface area contributed by atoms with E-state index in [9.17, 15) is 9.18 Å². The lowest BCUT2D eigenvalue weighted by atomic mass is 10.2. The van der Waals surface area contributed by atoms with Crippen LogP contribution in [0.5, 0.6) is 0 Å². The average molecular weight is 345 g/mol. The lowest BCUT2D eigenvalue weighted by molar-refractivity contribution is 0.0953. The highest BCUT2D eigenvalue weighted by molar-refractivity contribution is 7.81. The van der Waals surface area contributed by atoms with Crippen molar-refractivity contribution in [2.24, 2.45) is 0 Å². The van der Waals surface area contributed by atoms with E-state index in [2.05, 4.69) is 23.3 Å². The van der Waals surface area contributed by atoms with Crippen molar-refractivity contribution in [1.29, 1.82) is 0 Å². The molecule has 0 aliphatic rings. The summed E-state index contributed by atoms with van der Waals surface area (Å²) >= 11 is 15.7. The molecule has 0 heterocycles. The molecule has 2 aromatic rings. The van der Waals surface area contributed by atoms with E-state index < -0.39 is 11.3 Å². The number of thiol groups is 1. The minimum Gasteiger partial charge on any atom is -0.357 e. The van der Waals surface area contributed by atoms with Gasteiger partial charge in [0.1, 0.15) is 11.3 Å². The molecule has 1 amide bonds. The smallest absolute Gasteiger partial charge is 0.253 e. The molecule has 2 N–H and O–H groups in total. The van der Waals surface area contributed by atoms with Crippen LogP contribution in [0.2, 0.25) is 10.0 Å². The molecule has 7 heteroatoms. The summed E-state index contributed by atoms with van der Waals surface area (Å²) in [6, 6.07) is 10.4. The van der Waals surface area contributed by atoms with Gasteiger partial charge in [0, 0.05) is 21.3 Å². The van der Waals surface area contributed by atoms with Crippen LogP contribution < -0.4 is 10.6 Å². The second-order valence-corrected chi connectivity index (χ2v) is 5.57. The average Bonchev–Trinajstić information content (AvgIpc) is 2.37. The van der Waals surface area contributed by atoms with Gasteiger partial charge in [0.2, 0.25) is 0 Å². The van der Waals surface area contributed by atoms with E-state index in [0.29, 0.717) is 16.3 Å². The number of hydrogen-bond donors (Lipinski definition) is 3. The quantitative estimate of drug-likeness (QED) is 0.575. The summed E-state index contributed by atoms with van der Waals surface area (Å²) in [5.41, 5.74) is 0.153. The van der Waals surface area contributed by atoms with Crippen molar-refractivity contribution in [3.8, 4) is 0 Å². The molecule has 0 spiro atoms. The molecule has 0 radical (unpaired) electrons. The van der Waals surface area contributed by atoms with Gasteiger partial charge in [-0.15, -0.1) is 12.6 Å². The van der Waals surface area contributed by atoms with Crippen molar-refractivity contribution in [1.82, 2.24) is 5.32 Å². The maximum atomic E-state index is 13.2. The zero-order valence-corrected chi connectivity index (χ0v) is 13.0. The summed E-state index contributed by atoms with van der Waals surface area (Å²) in [5.74, 6) is -0.809. The van der Waals surface area contributed by atoms with Crippen molar-refractivity contribution in [3.05, 3.63) is 63.9 Å². The highest BCUT2D eigenvalue weighted by Crippen LogP contribution is 2.19. The zero-order chi connectivity index (χ0) is 15.4. The third kappa shape index (κ3) is 4.81. The summed E-state index contributed by atoms with van der Waals surface area (Å²) in [4.78, 5) is 11.9. The Morgan fingerprint density at radius 2 is 1.76 bits per heavy atom.